The van der Waals surface area contributed by atoms with Crippen molar-refractivity contribution < 1.29 is 14.3 Å². The molecule has 4 nitrogen and oxygen atoms in total. The molecule has 0 radical (unpaired) electrons. The highest BCUT2D eigenvalue weighted by atomic mass is 32.1. The van der Waals surface area contributed by atoms with Gasteiger partial charge in [-0.1, -0.05) is 6.07 Å². The second kappa shape index (κ2) is 7.53. The normalized spacial score (nSPS) is 17.4. The van der Waals surface area contributed by atoms with Crippen molar-refractivity contribution in [3.8, 4) is 11.5 Å². The van der Waals surface area contributed by atoms with Crippen LogP contribution in [0.4, 0.5) is 0 Å². The molecule has 0 saturated carbocycles. The zero-order chi connectivity index (χ0) is 16.9. The van der Waals surface area contributed by atoms with Gasteiger partial charge in [0, 0.05) is 23.1 Å². The van der Waals surface area contributed by atoms with Crippen molar-refractivity contribution in [1.82, 2.24) is 4.90 Å². The van der Waals surface area contributed by atoms with Crippen molar-refractivity contribution in [3.05, 3.63) is 52.2 Å². The maximum atomic E-state index is 12.7. The average Bonchev–Trinajstić information content (AvgIpc) is 3.29. The van der Waals surface area contributed by atoms with E-state index in [1.807, 2.05) is 29.2 Å². The van der Waals surface area contributed by atoms with E-state index in [2.05, 4.69) is 11.4 Å². The first-order chi connectivity index (χ1) is 11.7. The highest BCUT2D eigenvalue weighted by Gasteiger charge is 2.29. The second-order valence-corrected chi connectivity index (χ2v) is 6.63. The quantitative estimate of drug-likeness (QED) is 0.766. The Morgan fingerprint density at radius 1 is 1.29 bits per heavy atom. The summed E-state index contributed by atoms with van der Waals surface area (Å²) in [5.74, 6) is 1.49. The van der Waals surface area contributed by atoms with Gasteiger partial charge in [0.2, 0.25) is 5.91 Å². The van der Waals surface area contributed by atoms with E-state index in [4.69, 9.17) is 9.47 Å². The van der Waals surface area contributed by atoms with Crippen LogP contribution < -0.4 is 9.47 Å². The van der Waals surface area contributed by atoms with Crippen LogP contribution in [0.25, 0.3) is 6.08 Å². The van der Waals surface area contributed by atoms with Gasteiger partial charge in [-0.3, -0.25) is 4.79 Å². The Morgan fingerprint density at radius 3 is 2.88 bits per heavy atom. The Balaban J connectivity index is 1.78. The molecule has 1 unspecified atom stereocenters. The summed E-state index contributed by atoms with van der Waals surface area (Å²) in [4.78, 5) is 15.9. The zero-order valence-corrected chi connectivity index (χ0v) is 14.7. The molecule has 1 aliphatic rings. The van der Waals surface area contributed by atoms with Gasteiger partial charge in [-0.25, -0.2) is 0 Å². The van der Waals surface area contributed by atoms with Gasteiger partial charge >= 0.3 is 0 Å². The number of methoxy groups -OCH3 is 2. The zero-order valence-electron chi connectivity index (χ0n) is 13.9. The first-order valence-corrected chi connectivity index (χ1v) is 8.85. The van der Waals surface area contributed by atoms with Crippen LogP contribution in [0, 0.1) is 0 Å². The van der Waals surface area contributed by atoms with E-state index < -0.39 is 0 Å². The molecular weight excluding hydrogens is 322 g/mol. The SMILES string of the molecule is COc1ccc(OC)c(/C=C/C(=O)N2CCCC2c2cccs2)c1. The summed E-state index contributed by atoms with van der Waals surface area (Å²) in [7, 11) is 3.24. The van der Waals surface area contributed by atoms with Crippen LogP contribution in [0.5, 0.6) is 11.5 Å². The number of hydrogen-bond donors (Lipinski definition) is 0. The van der Waals surface area contributed by atoms with Crippen molar-refractivity contribution in [3.63, 3.8) is 0 Å². The van der Waals surface area contributed by atoms with Gasteiger partial charge in [-0.15, -0.1) is 11.3 Å². The number of rotatable bonds is 5. The fraction of sp³-hybridized carbons (Fsp3) is 0.316. The van der Waals surface area contributed by atoms with Gasteiger partial charge in [-0.05, 0) is 48.6 Å². The molecule has 1 aromatic carbocycles. The average molecular weight is 343 g/mol. The molecule has 1 aromatic heterocycles. The third kappa shape index (κ3) is 3.46. The Labute approximate surface area is 146 Å². The van der Waals surface area contributed by atoms with E-state index >= 15 is 0 Å². The number of carbonyl (C=O) groups excluding carboxylic acids is 1. The summed E-state index contributed by atoms with van der Waals surface area (Å²) < 4.78 is 10.6. The van der Waals surface area contributed by atoms with Crippen LogP contribution in [-0.4, -0.2) is 31.6 Å². The molecule has 24 heavy (non-hydrogen) atoms. The Bertz CT molecular complexity index is 724. The third-order valence-corrected chi connectivity index (χ3v) is 5.22. The summed E-state index contributed by atoms with van der Waals surface area (Å²) in [6.45, 7) is 0.807. The first kappa shape index (κ1) is 16.6. The van der Waals surface area contributed by atoms with Crippen LogP contribution in [0.15, 0.2) is 41.8 Å². The second-order valence-electron chi connectivity index (χ2n) is 5.65. The van der Waals surface area contributed by atoms with Gasteiger partial charge in [0.25, 0.3) is 0 Å². The predicted molar refractivity (Wildman–Crippen MR) is 96.6 cm³/mol. The van der Waals surface area contributed by atoms with E-state index in [0.29, 0.717) is 0 Å². The van der Waals surface area contributed by atoms with E-state index in [0.717, 1.165) is 36.4 Å². The monoisotopic (exact) mass is 343 g/mol. The molecule has 3 rings (SSSR count). The molecule has 2 aromatic rings. The van der Waals surface area contributed by atoms with Crippen molar-refractivity contribution >= 4 is 23.3 Å². The molecule has 0 bridgehead atoms. The number of ether oxygens (including phenoxy) is 2. The van der Waals surface area contributed by atoms with Crippen molar-refractivity contribution in [2.45, 2.75) is 18.9 Å². The minimum atomic E-state index is 0.0378. The topological polar surface area (TPSA) is 38.8 Å². The molecule has 5 heteroatoms. The molecule has 0 aliphatic carbocycles. The van der Waals surface area contributed by atoms with Gasteiger partial charge in [0.15, 0.2) is 0 Å². The first-order valence-electron chi connectivity index (χ1n) is 7.97. The lowest BCUT2D eigenvalue weighted by Crippen LogP contribution is -2.28. The minimum absolute atomic E-state index is 0.0378. The Morgan fingerprint density at radius 2 is 2.17 bits per heavy atom. The number of likely N-dealkylation sites (tertiary alicyclic amines) is 1. The Kier molecular flexibility index (Phi) is 5.20. The van der Waals surface area contributed by atoms with Gasteiger partial charge in [0.1, 0.15) is 11.5 Å². The smallest absolute Gasteiger partial charge is 0.247 e. The summed E-state index contributed by atoms with van der Waals surface area (Å²) in [6.07, 6.45) is 5.50. The molecule has 1 amide bonds. The molecule has 1 fully saturated rings. The van der Waals surface area contributed by atoms with Crippen LogP contribution in [0.3, 0.4) is 0 Å². The lowest BCUT2D eigenvalue weighted by atomic mass is 10.1. The van der Waals surface area contributed by atoms with E-state index in [1.54, 1.807) is 37.7 Å². The molecular formula is C19H21NO3S. The largest absolute Gasteiger partial charge is 0.497 e. The van der Waals surface area contributed by atoms with Gasteiger partial charge < -0.3 is 14.4 Å². The minimum Gasteiger partial charge on any atom is -0.497 e. The molecule has 126 valence electrons. The molecule has 0 spiro atoms. The number of carbonyl (C=O) groups is 1. The molecule has 1 aliphatic heterocycles. The fourth-order valence-corrected chi connectivity index (χ4v) is 3.91. The molecule has 1 saturated heterocycles. The molecule has 1 atom stereocenters. The van der Waals surface area contributed by atoms with Crippen LogP contribution in [0.2, 0.25) is 0 Å². The summed E-state index contributed by atoms with van der Waals surface area (Å²) >= 11 is 1.71. The summed E-state index contributed by atoms with van der Waals surface area (Å²) in [6, 6.07) is 9.89. The van der Waals surface area contributed by atoms with Gasteiger partial charge in [0.05, 0.1) is 20.3 Å². The van der Waals surface area contributed by atoms with E-state index in [-0.39, 0.29) is 11.9 Å². The van der Waals surface area contributed by atoms with Crippen molar-refractivity contribution in [2.75, 3.05) is 20.8 Å². The maximum absolute atomic E-state index is 12.7. The lowest BCUT2D eigenvalue weighted by Gasteiger charge is -2.22. The van der Waals surface area contributed by atoms with Crippen molar-refractivity contribution in [2.24, 2.45) is 0 Å². The molecule has 0 N–H and O–H groups in total. The summed E-state index contributed by atoms with van der Waals surface area (Å²) in [5, 5.41) is 2.06. The van der Waals surface area contributed by atoms with Gasteiger partial charge in [-0.2, -0.15) is 0 Å². The standard InChI is InChI=1S/C19H21NO3S/c1-22-15-8-9-17(23-2)14(13-15)7-10-19(21)20-11-3-5-16(20)18-6-4-12-24-18/h4,6-10,12-13,16H,3,5,11H2,1-2H3/b10-7+. The maximum Gasteiger partial charge on any atom is 0.247 e. The number of benzene rings is 1. The van der Waals surface area contributed by atoms with Crippen LogP contribution in [0.1, 0.15) is 29.3 Å². The highest BCUT2D eigenvalue weighted by Crippen LogP contribution is 2.34. The predicted octanol–water partition coefficient (Wildman–Crippen LogP) is 4.14. The van der Waals surface area contributed by atoms with Crippen molar-refractivity contribution in [1.29, 1.82) is 0 Å². The number of amides is 1. The summed E-state index contributed by atoms with van der Waals surface area (Å²) in [5.41, 5.74) is 0.831. The van der Waals surface area contributed by atoms with Crippen LogP contribution in [-0.2, 0) is 4.79 Å². The molecule has 2 heterocycles. The fourth-order valence-electron chi connectivity index (χ4n) is 3.03. The third-order valence-electron chi connectivity index (χ3n) is 4.25. The van der Waals surface area contributed by atoms with E-state index in [1.165, 1.54) is 4.88 Å². The van der Waals surface area contributed by atoms with E-state index in [9.17, 15) is 4.79 Å². The highest BCUT2D eigenvalue weighted by molar-refractivity contribution is 7.10. The van der Waals surface area contributed by atoms with Crippen LogP contribution >= 0.6 is 11.3 Å². The number of hydrogen-bond acceptors (Lipinski definition) is 4. The Hall–Kier alpha value is -2.27. The number of thiophene rings is 1. The lowest BCUT2D eigenvalue weighted by molar-refractivity contribution is -0.126. The number of nitrogens with zero attached hydrogens (tertiary/aromatic N) is 1.